The molecule has 2 aliphatic heterocycles. The van der Waals surface area contributed by atoms with Crippen molar-refractivity contribution in [2.75, 3.05) is 5.32 Å². The minimum Gasteiger partial charge on any atom is -0.423 e. The van der Waals surface area contributed by atoms with E-state index in [9.17, 15) is 4.79 Å². The van der Waals surface area contributed by atoms with Gasteiger partial charge in [0.25, 0.3) is 0 Å². The lowest BCUT2D eigenvalue weighted by molar-refractivity contribution is -0.120. The maximum absolute atomic E-state index is 12.4. The minimum absolute atomic E-state index is 0.0795. The number of carbonyl (C=O) groups is 1. The molecule has 2 saturated heterocycles. The summed E-state index contributed by atoms with van der Waals surface area (Å²) in [5.74, 6) is 0.626. The zero-order valence-electron chi connectivity index (χ0n) is 11.5. The van der Waals surface area contributed by atoms with Crippen molar-refractivity contribution in [3.8, 4) is 11.5 Å². The van der Waals surface area contributed by atoms with E-state index in [1.54, 1.807) is 0 Å². The number of fused-ring (bicyclic) bond motifs is 2. The summed E-state index contributed by atoms with van der Waals surface area (Å²) in [7, 11) is 0. The topological polar surface area (TPSA) is 80.1 Å². The van der Waals surface area contributed by atoms with Gasteiger partial charge in [-0.2, -0.15) is 0 Å². The lowest BCUT2D eigenvalue weighted by Crippen LogP contribution is -2.32. The molecule has 2 N–H and O–H groups in total. The molecule has 0 spiro atoms. The van der Waals surface area contributed by atoms with Gasteiger partial charge in [0.05, 0.1) is 5.92 Å². The van der Waals surface area contributed by atoms with Crippen molar-refractivity contribution in [2.45, 2.75) is 31.3 Å². The second kappa shape index (κ2) is 4.96. The Morgan fingerprint density at radius 1 is 1.38 bits per heavy atom. The van der Waals surface area contributed by atoms with Gasteiger partial charge in [0.15, 0.2) is 0 Å². The first kappa shape index (κ1) is 12.5. The van der Waals surface area contributed by atoms with Crippen LogP contribution in [0.25, 0.3) is 11.5 Å². The first-order valence-corrected chi connectivity index (χ1v) is 7.23. The largest absolute Gasteiger partial charge is 0.423 e. The highest BCUT2D eigenvalue weighted by Crippen LogP contribution is 2.34. The summed E-state index contributed by atoms with van der Waals surface area (Å²) in [6, 6.07) is 8.34. The van der Waals surface area contributed by atoms with Crippen molar-refractivity contribution in [2.24, 2.45) is 5.92 Å². The summed E-state index contributed by atoms with van der Waals surface area (Å²) in [4.78, 5) is 12.4. The summed E-state index contributed by atoms with van der Waals surface area (Å²) in [6.07, 6.45) is 4.53. The monoisotopic (exact) mass is 284 g/mol. The van der Waals surface area contributed by atoms with E-state index in [4.69, 9.17) is 4.42 Å². The van der Waals surface area contributed by atoms with Crippen LogP contribution < -0.4 is 10.6 Å². The van der Waals surface area contributed by atoms with Crippen LogP contribution in [0.1, 0.15) is 19.3 Å². The maximum Gasteiger partial charge on any atom is 0.247 e. The van der Waals surface area contributed by atoms with Gasteiger partial charge >= 0.3 is 0 Å². The Morgan fingerprint density at radius 3 is 3.05 bits per heavy atom. The van der Waals surface area contributed by atoms with Gasteiger partial charge in [0.1, 0.15) is 0 Å². The fourth-order valence-electron chi connectivity index (χ4n) is 3.38. The molecule has 108 valence electrons. The second-order valence-electron chi connectivity index (χ2n) is 5.70. The highest BCUT2D eigenvalue weighted by atomic mass is 16.4. The van der Waals surface area contributed by atoms with E-state index in [1.807, 2.05) is 24.3 Å². The van der Waals surface area contributed by atoms with Crippen LogP contribution in [0, 0.1) is 5.92 Å². The Morgan fingerprint density at radius 2 is 2.33 bits per heavy atom. The van der Waals surface area contributed by atoms with E-state index in [1.165, 1.54) is 12.8 Å². The Balaban J connectivity index is 1.50. The molecule has 6 heteroatoms. The quantitative estimate of drug-likeness (QED) is 0.898. The van der Waals surface area contributed by atoms with Crippen molar-refractivity contribution in [1.82, 2.24) is 15.5 Å². The number of amides is 1. The van der Waals surface area contributed by atoms with Crippen LogP contribution in [0.2, 0.25) is 0 Å². The predicted molar refractivity (Wildman–Crippen MR) is 76.4 cm³/mol. The van der Waals surface area contributed by atoms with Gasteiger partial charge in [0.2, 0.25) is 18.2 Å². The predicted octanol–water partition coefficient (Wildman–Crippen LogP) is 1.82. The van der Waals surface area contributed by atoms with Crippen LogP contribution in [0.15, 0.2) is 35.1 Å². The second-order valence-corrected chi connectivity index (χ2v) is 5.70. The third-order valence-electron chi connectivity index (χ3n) is 4.37. The van der Waals surface area contributed by atoms with Gasteiger partial charge in [-0.3, -0.25) is 4.79 Å². The average Bonchev–Trinajstić information content (AvgIpc) is 3.24. The number of nitrogens with zero attached hydrogens (tertiary/aromatic N) is 2. The zero-order chi connectivity index (χ0) is 14.2. The summed E-state index contributed by atoms with van der Waals surface area (Å²) in [5.41, 5.74) is 1.56. The molecule has 3 atom stereocenters. The van der Waals surface area contributed by atoms with Gasteiger partial charge < -0.3 is 15.1 Å². The fraction of sp³-hybridized carbons (Fsp3) is 0.400. The van der Waals surface area contributed by atoms with Crippen LogP contribution >= 0.6 is 0 Å². The lowest BCUT2D eigenvalue weighted by atomic mass is 9.88. The van der Waals surface area contributed by atoms with Crippen LogP contribution in [0.5, 0.6) is 0 Å². The van der Waals surface area contributed by atoms with Gasteiger partial charge in [0, 0.05) is 23.3 Å². The number of anilines is 1. The molecule has 4 rings (SSSR count). The molecule has 2 aromatic rings. The Kier molecular flexibility index (Phi) is 2.96. The number of benzene rings is 1. The molecule has 2 fully saturated rings. The first-order chi connectivity index (χ1) is 10.3. The Hall–Kier alpha value is -2.21. The molecule has 2 bridgehead atoms. The van der Waals surface area contributed by atoms with Crippen molar-refractivity contribution in [1.29, 1.82) is 0 Å². The molecule has 0 radical (unpaired) electrons. The molecule has 1 aromatic carbocycles. The van der Waals surface area contributed by atoms with E-state index in [0.717, 1.165) is 24.1 Å². The Labute approximate surface area is 121 Å². The molecule has 2 aliphatic rings. The van der Waals surface area contributed by atoms with Crippen molar-refractivity contribution >= 4 is 11.6 Å². The third kappa shape index (κ3) is 2.31. The van der Waals surface area contributed by atoms with Crippen molar-refractivity contribution in [3.05, 3.63) is 30.7 Å². The third-order valence-corrected chi connectivity index (χ3v) is 4.37. The zero-order valence-corrected chi connectivity index (χ0v) is 11.5. The number of rotatable bonds is 3. The van der Waals surface area contributed by atoms with Crippen molar-refractivity contribution < 1.29 is 9.21 Å². The summed E-state index contributed by atoms with van der Waals surface area (Å²) in [5, 5.41) is 14.0. The van der Waals surface area contributed by atoms with E-state index >= 15 is 0 Å². The van der Waals surface area contributed by atoms with Gasteiger partial charge in [-0.15, -0.1) is 10.2 Å². The van der Waals surface area contributed by atoms with Gasteiger partial charge in [-0.1, -0.05) is 6.07 Å². The van der Waals surface area contributed by atoms with Crippen LogP contribution in [-0.4, -0.2) is 28.2 Å². The summed E-state index contributed by atoms with van der Waals surface area (Å²) in [6.45, 7) is 0. The minimum atomic E-state index is 0.0795. The molecule has 6 nitrogen and oxygen atoms in total. The lowest BCUT2D eigenvalue weighted by Gasteiger charge is -2.19. The van der Waals surface area contributed by atoms with E-state index in [2.05, 4.69) is 20.8 Å². The molecular formula is C15H16N4O2. The molecule has 1 aromatic heterocycles. The summed E-state index contributed by atoms with van der Waals surface area (Å²) >= 11 is 0. The van der Waals surface area contributed by atoms with E-state index in [0.29, 0.717) is 18.0 Å². The number of carbonyl (C=O) groups excluding carboxylic acids is 1. The first-order valence-electron chi connectivity index (χ1n) is 7.23. The fourth-order valence-corrected chi connectivity index (χ4v) is 3.38. The van der Waals surface area contributed by atoms with Crippen LogP contribution in [-0.2, 0) is 4.79 Å². The molecule has 21 heavy (non-hydrogen) atoms. The Bertz CT molecular complexity index is 655. The number of hydrogen-bond donors (Lipinski definition) is 2. The SMILES string of the molecule is O=C(Nc1cccc(-c2nnco2)c1)C1CC2CCC1N2. The van der Waals surface area contributed by atoms with Crippen LogP contribution in [0.3, 0.4) is 0 Å². The van der Waals surface area contributed by atoms with Crippen molar-refractivity contribution in [3.63, 3.8) is 0 Å². The molecule has 0 aliphatic carbocycles. The van der Waals surface area contributed by atoms with E-state index < -0.39 is 0 Å². The smallest absolute Gasteiger partial charge is 0.247 e. The molecular weight excluding hydrogens is 268 g/mol. The highest BCUT2D eigenvalue weighted by molar-refractivity contribution is 5.93. The standard InChI is InChI=1S/C15H16N4O2/c20-14(12-7-11-4-5-13(12)17-11)18-10-3-1-2-9(6-10)15-19-16-8-21-15/h1-3,6,8,11-13,17H,4-5,7H2,(H,18,20). The van der Waals surface area contributed by atoms with E-state index in [-0.39, 0.29) is 11.8 Å². The number of nitrogens with one attached hydrogen (secondary N) is 2. The molecule has 1 amide bonds. The summed E-state index contributed by atoms with van der Waals surface area (Å²) < 4.78 is 5.17. The van der Waals surface area contributed by atoms with Gasteiger partial charge in [-0.25, -0.2) is 0 Å². The van der Waals surface area contributed by atoms with Crippen LogP contribution in [0.4, 0.5) is 5.69 Å². The van der Waals surface area contributed by atoms with Gasteiger partial charge in [-0.05, 0) is 37.5 Å². The number of aromatic nitrogens is 2. The highest BCUT2D eigenvalue weighted by Gasteiger charge is 2.42. The molecule has 3 heterocycles. The normalized spacial score (nSPS) is 27.0. The number of hydrogen-bond acceptors (Lipinski definition) is 5. The molecule has 3 unspecified atom stereocenters. The average molecular weight is 284 g/mol. The maximum atomic E-state index is 12.4. The molecule has 0 saturated carbocycles.